The first-order valence-corrected chi connectivity index (χ1v) is 8.84. The molecule has 0 aromatic carbocycles. The molecule has 3 heterocycles. The highest BCUT2D eigenvalue weighted by molar-refractivity contribution is 5.86. The Labute approximate surface area is 157 Å². The number of piperidine rings is 1. The van der Waals surface area contributed by atoms with Gasteiger partial charge in [-0.25, -0.2) is 27.3 Å². The second kappa shape index (κ2) is 6.75. The fourth-order valence-electron chi connectivity index (χ4n) is 3.59. The molecule has 0 amide bonds. The van der Waals surface area contributed by atoms with Crippen LogP contribution in [0.4, 0.5) is 23.4 Å². The molecule has 6 nitrogen and oxygen atoms in total. The molecular formula is C18H17F4N3O3. The highest BCUT2D eigenvalue weighted by Crippen LogP contribution is 2.59. The second-order valence-corrected chi connectivity index (χ2v) is 6.89. The molecule has 1 aliphatic carbocycles. The van der Waals surface area contributed by atoms with Gasteiger partial charge < -0.3 is 14.2 Å². The lowest BCUT2D eigenvalue weighted by molar-refractivity contribution is 0.0479. The van der Waals surface area contributed by atoms with Gasteiger partial charge >= 0.3 is 5.97 Å². The molecule has 0 N–H and O–H groups in total. The molecule has 1 saturated carbocycles. The SMILES string of the molecule is CCOC(=O)c1cc(Cc2ccc(N3CC4C(C3)C4(F)F)nc2C(F)F)no1. The van der Waals surface area contributed by atoms with Crippen molar-refractivity contribution in [1.82, 2.24) is 10.1 Å². The first kappa shape index (κ1) is 18.7. The van der Waals surface area contributed by atoms with Gasteiger partial charge in [0.15, 0.2) is 0 Å². The summed E-state index contributed by atoms with van der Waals surface area (Å²) in [6, 6.07) is 4.35. The maximum Gasteiger partial charge on any atom is 0.377 e. The van der Waals surface area contributed by atoms with Gasteiger partial charge in [0.1, 0.15) is 11.5 Å². The van der Waals surface area contributed by atoms with E-state index < -0.39 is 35.8 Å². The second-order valence-electron chi connectivity index (χ2n) is 6.89. The number of carbonyl (C=O) groups excluding carboxylic acids is 1. The number of hydrogen-bond acceptors (Lipinski definition) is 6. The third kappa shape index (κ3) is 3.20. The first-order chi connectivity index (χ1) is 13.3. The third-order valence-corrected chi connectivity index (χ3v) is 5.13. The minimum Gasteiger partial charge on any atom is -0.460 e. The van der Waals surface area contributed by atoms with Crippen LogP contribution in [0.5, 0.6) is 0 Å². The van der Waals surface area contributed by atoms with E-state index in [0.717, 1.165) is 0 Å². The van der Waals surface area contributed by atoms with Crippen LogP contribution >= 0.6 is 0 Å². The zero-order valence-electron chi connectivity index (χ0n) is 14.9. The molecule has 2 atom stereocenters. The van der Waals surface area contributed by atoms with Gasteiger partial charge in [-0.05, 0) is 18.6 Å². The molecule has 1 saturated heterocycles. The Morgan fingerprint density at radius 3 is 2.71 bits per heavy atom. The first-order valence-electron chi connectivity index (χ1n) is 8.84. The van der Waals surface area contributed by atoms with Crippen molar-refractivity contribution in [3.63, 3.8) is 0 Å². The Kier molecular flexibility index (Phi) is 4.51. The molecule has 0 bridgehead atoms. The predicted octanol–water partition coefficient (Wildman–Crippen LogP) is 3.48. The molecule has 28 heavy (non-hydrogen) atoms. The maximum absolute atomic E-state index is 13.5. The number of aromatic nitrogens is 2. The zero-order chi connectivity index (χ0) is 20.1. The lowest BCUT2D eigenvalue weighted by atomic mass is 10.1. The van der Waals surface area contributed by atoms with E-state index in [2.05, 4.69) is 10.1 Å². The maximum atomic E-state index is 13.5. The van der Waals surface area contributed by atoms with Gasteiger partial charge in [-0.1, -0.05) is 11.2 Å². The molecular weight excluding hydrogens is 382 g/mol. The van der Waals surface area contributed by atoms with Crippen molar-refractivity contribution in [2.75, 3.05) is 24.6 Å². The van der Waals surface area contributed by atoms with Crippen molar-refractivity contribution in [1.29, 1.82) is 0 Å². The molecule has 0 radical (unpaired) electrons. The number of ether oxygens (including phenoxy) is 1. The lowest BCUT2D eigenvalue weighted by Gasteiger charge is -2.22. The van der Waals surface area contributed by atoms with Crippen LogP contribution in [-0.4, -0.2) is 41.7 Å². The number of carbonyl (C=O) groups is 1. The zero-order valence-corrected chi connectivity index (χ0v) is 14.9. The van der Waals surface area contributed by atoms with Crippen molar-refractivity contribution >= 4 is 11.8 Å². The Bertz CT molecular complexity index is 888. The molecule has 1 aliphatic heterocycles. The average molecular weight is 399 g/mol. The molecule has 2 aromatic rings. The normalized spacial score (nSPS) is 22.4. The summed E-state index contributed by atoms with van der Waals surface area (Å²) in [7, 11) is 0. The van der Waals surface area contributed by atoms with Gasteiger partial charge in [0, 0.05) is 25.6 Å². The molecule has 2 unspecified atom stereocenters. The lowest BCUT2D eigenvalue weighted by Crippen LogP contribution is -2.28. The van der Waals surface area contributed by atoms with Gasteiger partial charge in [-0.3, -0.25) is 0 Å². The summed E-state index contributed by atoms with van der Waals surface area (Å²) < 4.78 is 63.4. The van der Waals surface area contributed by atoms with Crippen LogP contribution in [0.2, 0.25) is 0 Å². The number of nitrogens with zero attached hydrogens (tertiary/aromatic N) is 3. The van der Waals surface area contributed by atoms with Crippen LogP contribution in [0.25, 0.3) is 0 Å². The van der Waals surface area contributed by atoms with Crippen molar-refractivity contribution in [3.05, 3.63) is 40.9 Å². The van der Waals surface area contributed by atoms with Crippen molar-refractivity contribution in [2.24, 2.45) is 11.8 Å². The number of alkyl halides is 4. The van der Waals surface area contributed by atoms with E-state index >= 15 is 0 Å². The Hall–Kier alpha value is -2.65. The molecule has 2 fully saturated rings. The summed E-state index contributed by atoms with van der Waals surface area (Å²) >= 11 is 0. The minimum absolute atomic E-state index is 0.0147. The van der Waals surface area contributed by atoms with E-state index in [9.17, 15) is 22.4 Å². The molecule has 150 valence electrons. The molecule has 4 rings (SSSR count). The summed E-state index contributed by atoms with van der Waals surface area (Å²) in [6.07, 6.45) is -2.86. The number of rotatable bonds is 6. The Morgan fingerprint density at radius 1 is 1.36 bits per heavy atom. The van der Waals surface area contributed by atoms with E-state index in [4.69, 9.17) is 9.26 Å². The smallest absolute Gasteiger partial charge is 0.377 e. The number of halogens is 4. The van der Waals surface area contributed by atoms with Crippen LogP contribution in [0.15, 0.2) is 22.7 Å². The number of hydrogen-bond donors (Lipinski definition) is 0. The van der Waals surface area contributed by atoms with Crippen LogP contribution in [-0.2, 0) is 11.2 Å². The summed E-state index contributed by atoms with van der Waals surface area (Å²) in [5.41, 5.74) is 0.0595. The average Bonchev–Trinajstić information content (AvgIpc) is 3.11. The minimum atomic E-state index is -2.84. The summed E-state index contributed by atoms with van der Waals surface area (Å²) in [4.78, 5) is 17.2. The molecule has 2 aliphatic rings. The topological polar surface area (TPSA) is 68.5 Å². The van der Waals surface area contributed by atoms with Crippen LogP contribution in [0.3, 0.4) is 0 Å². The highest BCUT2D eigenvalue weighted by Gasteiger charge is 2.71. The molecule has 0 spiro atoms. The largest absolute Gasteiger partial charge is 0.460 e. The van der Waals surface area contributed by atoms with Crippen molar-refractivity contribution < 1.29 is 31.6 Å². The van der Waals surface area contributed by atoms with Crippen LogP contribution in [0.1, 0.15) is 40.9 Å². The van der Waals surface area contributed by atoms with Gasteiger partial charge in [0.2, 0.25) is 5.76 Å². The van der Waals surface area contributed by atoms with Crippen molar-refractivity contribution in [3.8, 4) is 0 Å². The summed E-state index contributed by atoms with van der Waals surface area (Å²) in [6.45, 7) is 2.03. The number of anilines is 1. The van der Waals surface area contributed by atoms with Gasteiger partial charge in [0.05, 0.1) is 24.1 Å². The van der Waals surface area contributed by atoms with Gasteiger partial charge in [-0.2, -0.15) is 0 Å². The van der Waals surface area contributed by atoms with Gasteiger partial charge in [-0.15, -0.1) is 0 Å². The monoisotopic (exact) mass is 399 g/mol. The van der Waals surface area contributed by atoms with E-state index in [1.165, 1.54) is 18.2 Å². The number of pyridine rings is 1. The van der Waals surface area contributed by atoms with Crippen LogP contribution in [0, 0.1) is 11.8 Å². The summed E-state index contributed by atoms with van der Waals surface area (Å²) in [5, 5.41) is 3.70. The fraction of sp³-hybridized carbons (Fsp3) is 0.500. The van der Waals surface area contributed by atoms with Gasteiger partial charge in [0.25, 0.3) is 12.3 Å². The molecule has 10 heteroatoms. The van der Waals surface area contributed by atoms with E-state index in [1.807, 2.05) is 0 Å². The highest BCUT2D eigenvalue weighted by atomic mass is 19.3. The number of esters is 1. The Balaban J connectivity index is 1.51. The van der Waals surface area contributed by atoms with Crippen LogP contribution < -0.4 is 4.90 Å². The third-order valence-electron chi connectivity index (χ3n) is 5.13. The van der Waals surface area contributed by atoms with E-state index in [-0.39, 0.29) is 49.0 Å². The standard InChI is InChI=1S/C18H17F4N3O3/c1-2-27-17(26)13-6-10(24-28-13)5-9-3-4-14(23-15(9)16(19)20)25-7-11-12(8-25)18(11,21)22/h3-4,6,11-12,16H,2,5,7-8H2,1H3. The quantitative estimate of drug-likeness (QED) is 0.547. The predicted molar refractivity (Wildman–Crippen MR) is 88.6 cm³/mol. The van der Waals surface area contributed by atoms with E-state index in [1.54, 1.807) is 11.8 Å². The Morgan fingerprint density at radius 2 is 2.07 bits per heavy atom. The van der Waals surface area contributed by atoms with E-state index in [0.29, 0.717) is 0 Å². The molecule has 2 aromatic heterocycles. The fourth-order valence-corrected chi connectivity index (χ4v) is 3.59. The summed E-state index contributed by atoms with van der Waals surface area (Å²) in [5.74, 6) is -4.63. The van der Waals surface area contributed by atoms with Crippen molar-refractivity contribution in [2.45, 2.75) is 25.7 Å². The number of fused-ring (bicyclic) bond motifs is 1.